The van der Waals surface area contributed by atoms with Crippen molar-refractivity contribution in [2.24, 2.45) is 5.84 Å². The molecule has 5 heteroatoms. The summed E-state index contributed by atoms with van der Waals surface area (Å²) < 4.78 is 1.65. The van der Waals surface area contributed by atoms with E-state index in [1.165, 1.54) is 48.1 Å². The maximum absolute atomic E-state index is 5.22. The summed E-state index contributed by atoms with van der Waals surface area (Å²) in [5, 5.41) is 0. The minimum Gasteiger partial charge on any atom is -0.317 e. The van der Waals surface area contributed by atoms with Gasteiger partial charge in [0.15, 0.2) is 0 Å². The number of benzene rings is 4. The van der Waals surface area contributed by atoms with E-state index in [4.69, 9.17) is 5.84 Å². The Morgan fingerprint density at radius 1 is 0.852 bits per heavy atom. The van der Waals surface area contributed by atoms with E-state index in [0.29, 0.717) is 0 Å². The molecule has 0 saturated heterocycles. The van der Waals surface area contributed by atoms with Gasteiger partial charge in [-0.3, -0.25) is 5.84 Å². The minimum absolute atomic E-state index is 0.0845. The highest BCUT2D eigenvalue weighted by atomic mass is 127. The van der Waals surface area contributed by atoms with Crippen molar-refractivity contribution < 1.29 is 0 Å². The third-order valence-electron chi connectivity index (χ3n) is 11.2. The van der Waals surface area contributed by atoms with Crippen LogP contribution in [0.2, 0.25) is 0 Å². The van der Waals surface area contributed by atoms with Gasteiger partial charge in [0, 0.05) is 52.3 Å². The van der Waals surface area contributed by atoms with Crippen molar-refractivity contribution in [2.45, 2.75) is 85.0 Å². The van der Waals surface area contributed by atoms with Crippen molar-refractivity contribution in [2.75, 3.05) is 17.7 Å². The van der Waals surface area contributed by atoms with Crippen molar-refractivity contribution in [3.05, 3.63) is 215 Å². The average molecular weight is 942 g/mol. The van der Waals surface area contributed by atoms with Gasteiger partial charge in [-0.15, -0.1) is 0 Å². The summed E-state index contributed by atoms with van der Waals surface area (Å²) in [4.78, 5) is 6.45. The molecule has 0 bridgehead atoms. The second-order valence-electron chi connectivity index (χ2n) is 15.5. The first-order chi connectivity index (χ1) is 29.4. The standard InChI is InChI=1S/C46H47NS.C5H6.C3H9IN2.C2H6/c1-9-12-23-38(11-3)48(8,34(5)10-2)39-24-18-21-36(30-39)28-35-20-17-22-37(29-35)47-27-16-15-19-33(4)41-31-42-40-25-13-14-26-43(40)46(6,7)44(42)32-45(41)47;1-2-4-5-3-1;1-2-3-6(4)5;1-2/h9-27,29-32H,1,4,28H2,2-3,5-8H3;1-4H,5H2;2-3,5H2,1H3;1-2H3/b19-15-,23-12-,27-16-,34-10+,38-11+;;;. The number of hydrogen-bond donors (Lipinski definition) is 1. The van der Waals surface area contributed by atoms with Gasteiger partial charge in [-0.25, -0.2) is 0 Å². The summed E-state index contributed by atoms with van der Waals surface area (Å²) in [7, 11) is -1.37. The molecule has 0 radical (unpaired) electrons. The highest BCUT2D eigenvalue weighted by Gasteiger charge is 2.36. The molecule has 1 aliphatic heterocycles. The molecule has 61 heavy (non-hydrogen) atoms. The third-order valence-corrected chi connectivity index (χ3v) is 15.7. The number of nitrogens with two attached hydrogens (primary N) is 1. The monoisotopic (exact) mass is 941 g/mol. The molecule has 0 spiro atoms. The van der Waals surface area contributed by atoms with E-state index in [0.717, 1.165) is 48.3 Å². The highest BCUT2D eigenvalue weighted by molar-refractivity contribution is 14.1. The number of allylic oxidation sites excluding steroid dienone is 14. The van der Waals surface area contributed by atoms with E-state index >= 15 is 0 Å². The molecule has 0 saturated carbocycles. The summed E-state index contributed by atoms with van der Waals surface area (Å²) in [6.07, 6.45) is 33.1. The molecule has 1 unspecified atom stereocenters. The summed E-state index contributed by atoms with van der Waals surface area (Å²) in [6.45, 7) is 26.7. The number of hydrogen-bond acceptors (Lipinski definition) is 3. The molecule has 1 atom stereocenters. The Balaban J connectivity index is 0.000000547. The molecular formula is C56H68IN3S. The van der Waals surface area contributed by atoms with Crippen LogP contribution in [-0.2, 0) is 11.8 Å². The quantitative estimate of drug-likeness (QED) is 0.0565. The molecule has 320 valence electrons. The first-order valence-electron chi connectivity index (χ1n) is 21.6. The molecule has 3 aliphatic rings. The van der Waals surface area contributed by atoms with Crippen LogP contribution in [0.25, 0.3) is 16.7 Å². The first kappa shape index (κ1) is 49.0. The summed E-state index contributed by atoms with van der Waals surface area (Å²) >= 11 is 2.05. The van der Waals surface area contributed by atoms with Crippen molar-refractivity contribution in [1.29, 1.82) is 0 Å². The molecule has 2 aliphatic carbocycles. The van der Waals surface area contributed by atoms with Crippen LogP contribution in [0.3, 0.4) is 0 Å². The van der Waals surface area contributed by atoms with Gasteiger partial charge in [0.05, 0.1) is 5.69 Å². The van der Waals surface area contributed by atoms with Crippen molar-refractivity contribution >= 4 is 49.8 Å². The largest absolute Gasteiger partial charge is 0.317 e. The lowest BCUT2D eigenvalue weighted by Gasteiger charge is -2.39. The molecule has 2 N–H and O–H groups in total. The first-order valence-corrected chi connectivity index (χ1v) is 24.6. The number of halogens is 1. The Morgan fingerprint density at radius 2 is 1.54 bits per heavy atom. The Labute approximate surface area is 385 Å². The van der Waals surface area contributed by atoms with Crippen molar-refractivity contribution in [3.63, 3.8) is 0 Å². The molecule has 0 aromatic heterocycles. The molecule has 3 nitrogen and oxygen atoms in total. The van der Waals surface area contributed by atoms with Crippen LogP contribution in [0.1, 0.15) is 96.0 Å². The molecule has 4 aromatic carbocycles. The van der Waals surface area contributed by atoms with Crippen LogP contribution in [0, 0.1) is 0 Å². The van der Waals surface area contributed by atoms with Gasteiger partial charge in [-0.2, -0.15) is 13.3 Å². The predicted molar refractivity (Wildman–Crippen MR) is 283 cm³/mol. The zero-order valence-electron chi connectivity index (χ0n) is 38.1. The van der Waals surface area contributed by atoms with E-state index < -0.39 is 10.0 Å². The van der Waals surface area contributed by atoms with Gasteiger partial charge in [0.1, 0.15) is 0 Å². The molecule has 0 fully saturated rings. The number of nitrogens with zero attached hydrogens (tertiary/aromatic N) is 2. The number of anilines is 2. The van der Waals surface area contributed by atoms with Crippen molar-refractivity contribution in [3.8, 4) is 11.1 Å². The zero-order valence-corrected chi connectivity index (χ0v) is 41.1. The Hall–Kier alpha value is -4.66. The Bertz CT molecular complexity index is 2340. The second-order valence-corrected chi connectivity index (χ2v) is 20.2. The van der Waals surface area contributed by atoms with E-state index in [2.05, 4.69) is 247 Å². The fourth-order valence-corrected chi connectivity index (χ4v) is 11.4. The number of hydrazine groups is 1. The lowest BCUT2D eigenvalue weighted by atomic mass is 9.81. The van der Waals surface area contributed by atoms with Crippen LogP contribution in [0.4, 0.5) is 11.4 Å². The fraction of sp³-hybridized carbons (Fsp3) is 0.250. The van der Waals surface area contributed by atoms with Crippen LogP contribution >= 0.6 is 32.9 Å². The van der Waals surface area contributed by atoms with Gasteiger partial charge in [-0.1, -0.05) is 157 Å². The zero-order chi connectivity index (χ0) is 44.6. The lowest BCUT2D eigenvalue weighted by Crippen LogP contribution is -2.19. The second kappa shape index (κ2) is 23.5. The van der Waals surface area contributed by atoms with Gasteiger partial charge >= 0.3 is 0 Å². The van der Waals surface area contributed by atoms with E-state index in [9.17, 15) is 0 Å². The third kappa shape index (κ3) is 11.8. The average Bonchev–Trinajstić information content (AvgIpc) is 3.93. The van der Waals surface area contributed by atoms with Gasteiger partial charge in [0.25, 0.3) is 0 Å². The van der Waals surface area contributed by atoms with Gasteiger partial charge in [0.2, 0.25) is 0 Å². The summed E-state index contributed by atoms with van der Waals surface area (Å²) in [5.74, 6) is 5.22. The summed E-state index contributed by atoms with van der Waals surface area (Å²) in [6, 6.07) is 31.8. The maximum Gasteiger partial charge on any atom is 0.0537 e. The molecule has 1 heterocycles. The maximum atomic E-state index is 5.22. The van der Waals surface area contributed by atoms with Crippen LogP contribution in [0.5, 0.6) is 0 Å². The van der Waals surface area contributed by atoms with E-state index in [1.54, 1.807) is 3.22 Å². The van der Waals surface area contributed by atoms with Gasteiger partial charge < -0.3 is 4.90 Å². The number of fused-ring (bicyclic) bond motifs is 4. The van der Waals surface area contributed by atoms with Gasteiger partial charge in [-0.05, 0) is 148 Å². The molecule has 0 amide bonds. The lowest BCUT2D eigenvalue weighted by molar-refractivity contribution is 0.535. The Kier molecular flexibility index (Phi) is 18.9. The smallest absolute Gasteiger partial charge is 0.0537 e. The highest BCUT2D eigenvalue weighted by Crippen LogP contribution is 2.65. The van der Waals surface area contributed by atoms with Crippen LogP contribution in [-0.4, -0.2) is 16.0 Å². The normalized spacial score (nSPS) is 17.2. The minimum atomic E-state index is -1.37. The van der Waals surface area contributed by atoms with E-state index in [-0.39, 0.29) is 5.41 Å². The van der Waals surface area contributed by atoms with E-state index in [1.807, 2.05) is 19.9 Å². The van der Waals surface area contributed by atoms with Crippen LogP contribution < -0.4 is 10.7 Å². The molecular weight excluding hydrogens is 874 g/mol. The van der Waals surface area contributed by atoms with Crippen LogP contribution in [0.15, 0.2) is 192 Å². The molecule has 4 aromatic rings. The van der Waals surface area contributed by atoms with Crippen molar-refractivity contribution in [1.82, 2.24) is 3.22 Å². The topological polar surface area (TPSA) is 32.5 Å². The SMILES string of the molecule is C1=CCC=C1.C=C/C=C\C(=C/C)S(C)(/C(C)=C/C)c1cccc(Cc2cccc(N3/C=C\C=C/C(=C)c4cc5c(cc43)C(C)(C)c3ccccc3-5)c2)c1.CC.CCCN(N)I. The molecule has 7 rings (SSSR count). The fourth-order valence-electron chi connectivity index (χ4n) is 7.84. The Morgan fingerprint density at radius 3 is 2.15 bits per heavy atom. The number of rotatable bonds is 10. The predicted octanol–water partition coefficient (Wildman–Crippen LogP) is 16.6. The summed E-state index contributed by atoms with van der Waals surface area (Å²) in [5.41, 5.74) is 12.4.